The molecule has 0 aliphatic heterocycles. The quantitative estimate of drug-likeness (QED) is 0.815. The Morgan fingerprint density at radius 1 is 1.19 bits per heavy atom. The molecule has 1 rings (SSSR count). The molecule has 1 N–H and O–H groups in total. The summed E-state index contributed by atoms with van der Waals surface area (Å²) in [6.07, 6.45) is 2.20. The van der Waals surface area contributed by atoms with Gasteiger partial charge in [-0.2, -0.15) is 0 Å². The van der Waals surface area contributed by atoms with Crippen LogP contribution in [0.5, 0.6) is 0 Å². The Morgan fingerprint density at radius 3 is 2.14 bits per heavy atom. The lowest BCUT2D eigenvalue weighted by molar-refractivity contribution is -0.137. The molecule has 1 aromatic carbocycles. The normalized spacial score (nSPS) is 13.4. The minimum absolute atomic E-state index is 0.0560. The SMILES string of the molecule is CCc1ccc(C(CC)N(CCC(=O)O)C(C)(C)C)cc1. The summed E-state index contributed by atoms with van der Waals surface area (Å²) in [5, 5.41) is 8.99. The number of aryl methyl sites for hydroxylation is 1. The van der Waals surface area contributed by atoms with Crippen molar-refractivity contribution < 1.29 is 9.90 Å². The van der Waals surface area contributed by atoms with Crippen LogP contribution in [0.3, 0.4) is 0 Å². The van der Waals surface area contributed by atoms with Crippen LogP contribution >= 0.6 is 0 Å². The Bertz CT molecular complexity index is 445. The van der Waals surface area contributed by atoms with Crippen LogP contribution in [0.25, 0.3) is 0 Å². The Hall–Kier alpha value is -1.35. The molecule has 0 spiro atoms. The van der Waals surface area contributed by atoms with Gasteiger partial charge >= 0.3 is 5.97 Å². The van der Waals surface area contributed by atoms with Crippen LogP contribution in [-0.4, -0.2) is 28.1 Å². The molecule has 0 amide bonds. The molecule has 0 aliphatic carbocycles. The van der Waals surface area contributed by atoms with E-state index in [-0.39, 0.29) is 18.0 Å². The zero-order chi connectivity index (χ0) is 16.0. The zero-order valence-electron chi connectivity index (χ0n) is 14.0. The Balaban J connectivity index is 3.01. The van der Waals surface area contributed by atoms with Gasteiger partial charge in [0, 0.05) is 18.1 Å². The van der Waals surface area contributed by atoms with E-state index in [0.717, 1.165) is 12.8 Å². The van der Waals surface area contributed by atoms with E-state index in [0.29, 0.717) is 6.54 Å². The number of carboxylic acid groups (broad SMARTS) is 1. The second-order valence-corrected chi connectivity index (χ2v) is 6.53. The number of nitrogens with zero attached hydrogens (tertiary/aromatic N) is 1. The van der Waals surface area contributed by atoms with Crippen molar-refractivity contribution in [1.82, 2.24) is 4.90 Å². The van der Waals surface area contributed by atoms with Crippen LogP contribution in [0.4, 0.5) is 0 Å². The van der Waals surface area contributed by atoms with Crippen molar-refractivity contribution >= 4 is 5.97 Å². The first-order valence-electron chi connectivity index (χ1n) is 7.87. The fourth-order valence-corrected chi connectivity index (χ4v) is 2.79. The predicted octanol–water partition coefficient (Wildman–Crippen LogP) is 4.28. The lowest BCUT2D eigenvalue weighted by atomic mass is 9.95. The average molecular weight is 291 g/mol. The molecule has 1 atom stereocenters. The van der Waals surface area contributed by atoms with Gasteiger partial charge in [0.1, 0.15) is 0 Å². The summed E-state index contributed by atoms with van der Waals surface area (Å²) in [4.78, 5) is 13.2. The molecule has 1 unspecified atom stereocenters. The van der Waals surface area contributed by atoms with Crippen molar-refractivity contribution in [2.75, 3.05) is 6.54 Å². The van der Waals surface area contributed by atoms with Crippen molar-refractivity contribution in [1.29, 1.82) is 0 Å². The molecular weight excluding hydrogens is 262 g/mol. The van der Waals surface area contributed by atoms with E-state index < -0.39 is 5.97 Å². The smallest absolute Gasteiger partial charge is 0.304 e. The maximum Gasteiger partial charge on any atom is 0.304 e. The van der Waals surface area contributed by atoms with Gasteiger partial charge in [-0.05, 0) is 44.7 Å². The lowest BCUT2D eigenvalue weighted by Crippen LogP contribution is -2.44. The molecule has 0 radical (unpaired) electrons. The van der Waals surface area contributed by atoms with Crippen LogP contribution in [0.15, 0.2) is 24.3 Å². The minimum atomic E-state index is -0.736. The summed E-state index contributed by atoms with van der Waals surface area (Å²) in [6.45, 7) is 11.3. The zero-order valence-corrected chi connectivity index (χ0v) is 14.0. The first-order valence-corrected chi connectivity index (χ1v) is 7.87. The monoisotopic (exact) mass is 291 g/mol. The number of carbonyl (C=O) groups is 1. The number of hydrogen-bond acceptors (Lipinski definition) is 2. The number of rotatable bonds is 7. The summed E-state index contributed by atoms with van der Waals surface area (Å²) in [6, 6.07) is 8.99. The molecule has 118 valence electrons. The van der Waals surface area contributed by atoms with Crippen LogP contribution < -0.4 is 0 Å². The summed E-state index contributed by atoms with van der Waals surface area (Å²) in [5.74, 6) is -0.736. The molecule has 21 heavy (non-hydrogen) atoms. The van der Waals surface area contributed by atoms with E-state index in [1.54, 1.807) is 0 Å². The van der Waals surface area contributed by atoms with Gasteiger partial charge in [0.05, 0.1) is 6.42 Å². The highest BCUT2D eigenvalue weighted by atomic mass is 16.4. The van der Waals surface area contributed by atoms with Gasteiger partial charge in [0.25, 0.3) is 0 Å². The van der Waals surface area contributed by atoms with Crippen molar-refractivity contribution in [3.8, 4) is 0 Å². The maximum absolute atomic E-state index is 10.9. The fraction of sp³-hybridized carbons (Fsp3) is 0.611. The minimum Gasteiger partial charge on any atom is -0.481 e. The van der Waals surface area contributed by atoms with Crippen LogP contribution in [0, 0.1) is 0 Å². The summed E-state index contributed by atoms with van der Waals surface area (Å²) >= 11 is 0. The molecule has 0 heterocycles. The van der Waals surface area contributed by atoms with Crippen LogP contribution in [0.2, 0.25) is 0 Å². The summed E-state index contributed by atoms with van der Waals surface area (Å²) in [7, 11) is 0. The first-order chi connectivity index (χ1) is 9.79. The predicted molar refractivity (Wildman–Crippen MR) is 87.6 cm³/mol. The van der Waals surface area contributed by atoms with E-state index >= 15 is 0 Å². The standard InChI is InChI=1S/C18H29NO2/c1-6-14-8-10-15(11-9-14)16(7-2)19(18(3,4)5)13-12-17(20)21/h8-11,16H,6-7,12-13H2,1-5H3,(H,20,21). The van der Waals surface area contributed by atoms with Gasteiger partial charge < -0.3 is 5.11 Å². The molecule has 1 aromatic rings. The third-order valence-electron chi connectivity index (χ3n) is 3.96. The molecular formula is C18H29NO2. The lowest BCUT2D eigenvalue weighted by Gasteiger charge is -2.41. The Kier molecular flexibility index (Phi) is 6.41. The van der Waals surface area contributed by atoms with Gasteiger partial charge in [-0.3, -0.25) is 9.69 Å². The van der Waals surface area contributed by atoms with Gasteiger partial charge in [0.2, 0.25) is 0 Å². The van der Waals surface area contributed by atoms with Gasteiger partial charge in [-0.1, -0.05) is 38.1 Å². The molecule has 0 aromatic heterocycles. The molecule has 0 fully saturated rings. The van der Waals surface area contributed by atoms with Crippen molar-refractivity contribution in [2.45, 2.75) is 65.5 Å². The number of benzene rings is 1. The molecule has 0 bridgehead atoms. The van der Waals surface area contributed by atoms with E-state index in [1.165, 1.54) is 11.1 Å². The van der Waals surface area contributed by atoms with E-state index in [2.05, 4.69) is 63.8 Å². The van der Waals surface area contributed by atoms with Crippen LogP contribution in [-0.2, 0) is 11.2 Å². The highest BCUT2D eigenvalue weighted by Gasteiger charge is 2.29. The van der Waals surface area contributed by atoms with Gasteiger partial charge in [-0.15, -0.1) is 0 Å². The molecule has 3 heteroatoms. The molecule has 0 saturated carbocycles. The van der Waals surface area contributed by atoms with E-state index in [9.17, 15) is 4.79 Å². The highest BCUT2D eigenvalue weighted by Crippen LogP contribution is 2.31. The molecule has 0 aliphatic rings. The average Bonchev–Trinajstić information content (AvgIpc) is 2.42. The van der Waals surface area contributed by atoms with Gasteiger partial charge in [-0.25, -0.2) is 0 Å². The molecule has 0 saturated heterocycles. The Morgan fingerprint density at radius 2 is 1.76 bits per heavy atom. The fourth-order valence-electron chi connectivity index (χ4n) is 2.79. The third-order valence-corrected chi connectivity index (χ3v) is 3.96. The van der Waals surface area contributed by atoms with Crippen molar-refractivity contribution in [3.05, 3.63) is 35.4 Å². The largest absolute Gasteiger partial charge is 0.481 e. The maximum atomic E-state index is 10.9. The topological polar surface area (TPSA) is 40.5 Å². The van der Waals surface area contributed by atoms with Crippen molar-refractivity contribution in [3.63, 3.8) is 0 Å². The number of hydrogen-bond donors (Lipinski definition) is 1. The van der Waals surface area contributed by atoms with Crippen molar-refractivity contribution in [2.24, 2.45) is 0 Å². The summed E-state index contributed by atoms with van der Waals surface area (Å²) < 4.78 is 0. The second-order valence-electron chi connectivity index (χ2n) is 6.53. The van der Waals surface area contributed by atoms with Gasteiger partial charge in [0.15, 0.2) is 0 Å². The molecule has 3 nitrogen and oxygen atoms in total. The third kappa shape index (κ3) is 5.16. The Labute approximate surface area is 129 Å². The number of aliphatic carboxylic acids is 1. The van der Waals surface area contributed by atoms with E-state index in [1.807, 2.05) is 0 Å². The summed E-state index contributed by atoms with van der Waals surface area (Å²) in [5.41, 5.74) is 2.55. The van der Waals surface area contributed by atoms with E-state index in [4.69, 9.17) is 5.11 Å². The first kappa shape index (κ1) is 17.7. The highest BCUT2D eigenvalue weighted by molar-refractivity contribution is 5.66. The second kappa shape index (κ2) is 7.60. The number of carboxylic acids is 1. The van der Waals surface area contributed by atoms with Crippen LogP contribution in [0.1, 0.15) is 64.6 Å².